The number of allylic oxidation sites excluding steroid dienone is 5. The van der Waals surface area contributed by atoms with Crippen LogP contribution in [0.3, 0.4) is 0 Å². The van der Waals surface area contributed by atoms with Crippen molar-refractivity contribution >= 4 is 31.3 Å². The molecule has 0 unspecified atom stereocenters. The molecule has 1 amide bonds. The Kier molecular flexibility index (Phi) is 12.0. The lowest BCUT2D eigenvalue weighted by molar-refractivity contribution is 0.0991. The molecule has 0 fully saturated rings. The van der Waals surface area contributed by atoms with Crippen molar-refractivity contribution in [3.63, 3.8) is 0 Å². The lowest BCUT2D eigenvalue weighted by Crippen LogP contribution is -2.50. The van der Waals surface area contributed by atoms with Gasteiger partial charge in [0.1, 0.15) is 22.9 Å². The fourth-order valence-electron chi connectivity index (χ4n) is 6.54. The number of hydrogen-bond acceptors (Lipinski definition) is 5. The van der Waals surface area contributed by atoms with Crippen LogP contribution in [0, 0.1) is 0 Å². The van der Waals surface area contributed by atoms with Crippen LogP contribution in [0.25, 0.3) is 0 Å². The number of hydrogen-bond donors (Lipinski definition) is 3. The van der Waals surface area contributed by atoms with Crippen molar-refractivity contribution in [1.82, 2.24) is 0 Å². The third kappa shape index (κ3) is 7.98. The van der Waals surface area contributed by atoms with Crippen LogP contribution >= 0.6 is 0 Å². The number of para-hydroxylation sites is 1. The molecule has 0 bridgehead atoms. The molecule has 7 heteroatoms. The number of aromatic hydroxyl groups is 2. The molecule has 0 spiro atoms. The number of anilines is 3. The van der Waals surface area contributed by atoms with E-state index in [2.05, 4.69) is 92.8 Å². The lowest BCUT2D eigenvalue weighted by Gasteiger charge is -2.42. The Balaban J connectivity index is 1.99. The molecular weight excluding hydrogens is 565 g/mol. The minimum Gasteiger partial charge on any atom is -0.543 e. The first-order valence-electron chi connectivity index (χ1n) is 16.1. The predicted octanol–water partition coefficient (Wildman–Crippen LogP) is 10.8. The van der Waals surface area contributed by atoms with Crippen LogP contribution in [0.5, 0.6) is 17.2 Å². The van der Waals surface area contributed by atoms with E-state index in [1.165, 1.54) is 22.8 Å². The Morgan fingerprint density at radius 3 is 2.02 bits per heavy atom. The zero-order valence-corrected chi connectivity index (χ0v) is 29.5. The molecule has 2 aromatic carbocycles. The van der Waals surface area contributed by atoms with Crippen molar-refractivity contribution in [3.05, 3.63) is 70.8 Å². The quantitative estimate of drug-likeness (QED) is 0.118. The fraction of sp³-hybridized carbons (Fsp3) is 0.486. The van der Waals surface area contributed by atoms with Crippen LogP contribution in [0.1, 0.15) is 105 Å². The monoisotopic (exact) mass is 618 g/mol. The number of carbonyl (C=O) groups excluding carboxylic acids is 1. The Hall–Kier alpha value is -3.45. The number of benzene rings is 2. The maximum absolute atomic E-state index is 14.1. The van der Waals surface area contributed by atoms with Gasteiger partial charge in [-0.2, -0.15) is 0 Å². The second-order valence-electron chi connectivity index (χ2n) is 13.5. The molecule has 3 rings (SSSR count). The second kappa shape index (κ2) is 15.0. The minimum absolute atomic E-state index is 0.0278. The smallest absolute Gasteiger partial charge is 0.260 e. The Morgan fingerprint density at radius 1 is 0.841 bits per heavy atom. The number of fused-ring (bicyclic) bond motifs is 2. The van der Waals surface area contributed by atoms with E-state index in [4.69, 9.17) is 4.43 Å². The average Bonchev–Trinajstić information content (AvgIpc) is 3.05. The summed E-state index contributed by atoms with van der Waals surface area (Å²) in [6.07, 6.45) is 10.6. The molecule has 0 radical (unpaired) electrons. The number of carbonyl (C=O) groups is 1. The standard InChI is InChI=1S/C37H54N2O4Si/c1-24(2)14-11-15-28(9)16-12-17-29(10)20-21-39-32-22-30(43-44(25(3)4,26(5)6)27(7)8)23-34(41)36(32)38-35-31(37(39)42)18-13-19-33(35)40/h13-14,16,18-20,22-23,25-27,38,40-41H,11-12,15,17,21H2,1-10H3/b28-16+,29-20+. The normalized spacial score (nSPS) is 14.0. The van der Waals surface area contributed by atoms with Crippen LogP contribution in [0.2, 0.25) is 16.6 Å². The van der Waals surface area contributed by atoms with Gasteiger partial charge in [0.25, 0.3) is 14.2 Å². The van der Waals surface area contributed by atoms with Gasteiger partial charge in [0.05, 0.1) is 16.9 Å². The van der Waals surface area contributed by atoms with Gasteiger partial charge in [-0.3, -0.25) is 4.79 Å². The van der Waals surface area contributed by atoms with Gasteiger partial charge in [0.15, 0.2) is 0 Å². The highest BCUT2D eigenvalue weighted by Crippen LogP contribution is 2.49. The molecule has 6 nitrogen and oxygen atoms in total. The maximum Gasteiger partial charge on any atom is 0.260 e. The van der Waals surface area contributed by atoms with E-state index < -0.39 is 8.32 Å². The number of nitrogens with zero attached hydrogens (tertiary/aromatic N) is 1. The highest BCUT2D eigenvalue weighted by Gasteiger charge is 2.47. The molecule has 2 aromatic rings. The Morgan fingerprint density at radius 2 is 1.43 bits per heavy atom. The Bertz CT molecular complexity index is 1400. The van der Waals surface area contributed by atoms with E-state index in [-0.39, 0.29) is 23.1 Å². The summed E-state index contributed by atoms with van der Waals surface area (Å²) in [5, 5.41) is 25.2. The summed E-state index contributed by atoms with van der Waals surface area (Å²) in [6.45, 7) is 22.2. The van der Waals surface area contributed by atoms with E-state index in [9.17, 15) is 15.0 Å². The molecule has 0 aromatic heterocycles. The van der Waals surface area contributed by atoms with Crippen molar-refractivity contribution in [2.75, 3.05) is 16.8 Å². The third-order valence-electron chi connectivity index (χ3n) is 8.88. The summed E-state index contributed by atoms with van der Waals surface area (Å²) in [6, 6.07) is 8.42. The zero-order chi connectivity index (χ0) is 32.8. The molecule has 240 valence electrons. The second-order valence-corrected chi connectivity index (χ2v) is 18.8. The Labute approximate surface area is 266 Å². The van der Waals surface area contributed by atoms with Gasteiger partial charge in [-0.05, 0) is 82.1 Å². The molecule has 0 aliphatic carbocycles. The van der Waals surface area contributed by atoms with E-state index in [1.807, 2.05) is 6.07 Å². The van der Waals surface area contributed by atoms with Crippen LogP contribution in [-0.2, 0) is 0 Å². The van der Waals surface area contributed by atoms with Crippen molar-refractivity contribution in [1.29, 1.82) is 0 Å². The van der Waals surface area contributed by atoms with Gasteiger partial charge in [-0.15, -0.1) is 0 Å². The van der Waals surface area contributed by atoms with Crippen LogP contribution < -0.4 is 14.6 Å². The van der Waals surface area contributed by atoms with Crippen molar-refractivity contribution < 1.29 is 19.4 Å². The minimum atomic E-state index is -2.33. The fourth-order valence-corrected chi connectivity index (χ4v) is 11.8. The maximum atomic E-state index is 14.1. The van der Waals surface area contributed by atoms with Gasteiger partial charge >= 0.3 is 0 Å². The number of amides is 1. The third-order valence-corrected chi connectivity index (χ3v) is 14.9. The number of rotatable bonds is 13. The molecule has 44 heavy (non-hydrogen) atoms. The van der Waals surface area contributed by atoms with Gasteiger partial charge in [0, 0.05) is 18.7 Å². The summed E-state index contributed by atoms with van der Waals surface area (Å²) >= 11 is 0. The zero-order valence-electron chi connectivity index (χ0n) is 28.5. The SMILES string of the molecule is CC(C)=CCC/C(C)=C/CC/C(C)=C/CN1C(=O)c2cccc(O)c2Nc2c(O)cc(O[Si](C(C)C)(C(C)C)C(C)C)cc21. The van der Waals surface area contributed by atoms with Gasteiger partial charge in [-0.25, -0.2) is 0 Å². The molecule has 1 aliphatic heterocycles. The average molecular weight is 619 g/mol. The molecular formula is C37H54N2O4Si. The van der Waals surface area contributed by atoms with Gasteiger partial charge in [-0.1, -0.05) is 82.6 Å². The largest absolute Gasteiger partial charge is 0.543 e. The summed E-state index contributed by atoms with van der Waals surface area (Å²) < 4.78 is 6.94. The number of phenolic OH excluding ortho intramolecular Hbond substituents is 2. The highest BCUT2D eigenvalue weighted by atomic mass is 28.4. The molecule has 0 saturated heterocycles. The van der Waals surface area contributed by atoms with E-state index in [1.54, 1.807) is 23.1 Å². The summed E-state index contributed by atoms with van der Waals surface area (Å²) in [7, 11) is -2.33. The first-order chi connectivity index (χ1) is 20.7. The molecule has 0 atom stereocenters. The van der Waals surface area contributed by atoms with Crippen LogP contribution in [0.4, 0.5) is 17.1 Å². The highest BCUT2D eigenvalue weighted by molar-refractivity contribution is 6.78. The van der Waals surface area contributed by atoms with Crippen molar-refractivity contribution in [2.45, 2.75) is 112 Å². The van der Waals surface area contributed by atoms with Gasteiger partial charge < -0.3 is 24.9 Å². The van der Waals surface area contributed by atoms with Crippen LogP contribution in [-0.4, -0.2) is 31.0 Å². The van der Waals surface area contributed by atoms with E-state index >= 15 is 0 Å². The molecule has 1 heterocycles. The summed E-state index contributed by atoms with van der Waals surface area (Å²) in [5.74, 6) is 0.235. The summed E-state index contributed by atoms with van der Waals surface area (Å²) in [5.41, 5.74) is 6.49. The lowest BCUT2D eigenvalue weighted by atomic mass is 10.1. The molecule has 1 aliphatic rings. The van der Waals surface area contributed by atoms with E-state index in [0.29, 0.717) is 45.9 Å². The topological polar surface area (TPSA) is 82.0 Å². The first-order valence-corrected chi connectivity index (χ1v) is 18.2. The molecule has 3 N–H and O–H groups in total. The first kappa shape index (κ1) is 35.0. The van der Waals surface area contributed by atoms with Crippen molar-refractivity contribution in [2.24, 2.45) is 0 Å². The summed E-state index contributed by atoms with van der Waals surface area (Å²) in [4.78, 5) is 15.7. The van der Waals surface area contributed by atoms with Gasteiger partial charge in [0.2, 0.25) is 0 Å². The van der Waals surface area contributed by atoms with Crippen molar-refractivity contribution in [3.8, 4) is 17.2 Å². The van der Waals surface area contributed by atoms with E-state index in [0.717, 1.165) is 25.7 Å². The predicted molar refractivity (Wildman–Crippen MR) is 188 cm³/mol. The molecule has 0 saturated carbocycles. The number of phenols is 2. The number of nitrogens with one attached hydrogen (secondary N) is 1. The van der Waals surface area contributed by atoms with Crippen LogP contribution in [0.15, 0.2) is 65.3 Å².